The first-order valence-corrected chi connectivity index (χ1v) is 11.5. The van der Waals surface area contributed by atoms with Crippen LogP contribution in [-0.2, 0) is 0 Å². The Labute approximate surface area is 208 Å². The number of carbonyl (C=O) groups excluding carboxylic acids is 1. The molecule has 36 heavy (non-hydrogen) atoms. The molecular weight excluding hydrogens is 460 g/mol. The van der Waals surface area contributed by atoms with Gasteiger partial charge in [-0.15, -0.1) is 0 Å². The van der Waals surface area contributed by atoms with Crippen molar-refractivity contribution in [3.63, 3.8) is 0 Å². The van der Waals surface area contributed by atoms with Gasteiger partial charge in [0.1, 0.15) is 5.69 Å². The largest absolute Gasteiger partial charge is 0.493 e. The molecule has 1 aliphatic rings. The van der Waals surface area contributed by atoms with Crippen LogP contribution in [0.5, 0.6) is 11.5 Å². The maximum atomic E-state index is 13.1. The monoisotopic (exact) mass is 486 g/mol. The summed E-state index contributed by atoms with van der Waals surface area (Å²) in [5.74, 6) is 1.19. The van der Waals surface area contributed by atoms with Crippen LogP contribution in [-0.4, -0.2) is 71.0 Å². The smallest absolute Gasteiger partial charge is 0.274 e. The van der Waals surface area contributed by atoms with Crippen LogP contribution < -0.4 is 25.0 Å². The lowest BCUT2D eigenvalue weighted by molar-refractivity contribution is 0.102. The Kier molecular flexibility index (Phi) is 6.72. The van der Waals surface area contributed by atoms with Gasteiger partial charge in [-0.25, -0.2) is 14.6 Å². The highest BCUT2D eigenvalue weighted by molar-refractivity contribution is 6.04. The van der Waals surface area contributed by atoms with E-state index < -0.39 is 0 Å². The van der Waals surface area contributed by atoms with Gasteiger partial charge in [0.05, 0.1) is 38.0 Å². The van der Waals surface area contributed by atoms with E-state index >= 15 is 0 Å². The van der Waals surface area contributed by atoms with Crippen molar-refractivity contribution in [1.82, 2.24) is 30.0 Å². The molecule has 1 amide bonds. The Morgan fingerprint density at radius 3 is 2.64 bits per heavy atom. The number of hydrogen-bond acceptors (Lipinski definition) is 9. The van der Waals surface area contributed by atoms with Crippen LogP contribution in [0.15, 0.2) is 61.3 Å². The highest BCUT2D eigenvalue weighted by Crippen LogP contribution is 2.32. The van der Waals surface area contributed by atoms with Crippen LogP contribution in [0.1, 0.15) is 10.5 Å². The van der Waals surface area contributed by atoms with Gasteiger partial charge in [0.25, 0.3) is 11.9 Å². The fraction of sp³-hybridized carbons (Fsp3) is 0.240. The number of ether oxygens (including phenoxy) is 2. The van der Waals surface area contributed by atoms with E-state index in [2.05, 4.69) is 35.6 Å². The van der Waals surface area contributed by atoms with Crippen molar-refractivity contribution in [1.29, 1.82) is 0 Å². The topological polar surface area (TPSA) is 119 Å². The molecule has 11 nitrogen and oxygen atoms in total. The number of aromatic nitrogens is 5. The van der Waals surface area contributed by atoms with Gasteiger partial charge in [-0.1, -0.05) is 6.07 Å². The highest BCUT2D eigenvalue weighted by atomic mass is 16.5. The molecule has 0 radical (unpaired) electrons. The summed E-state index contributed by atoms with van der Waals surface area (Å²) >= 11 is 0. The number of amides is 1. The maximum Gasteiger partial charge on any atom is 0.274 e. The summed E-state index contributed by atoms with van der Waals surface area (Å²) in [7, 11) is 3.18. The van der Waals surface area contributed by atoms with Gasteiger partial charge in [0.2, 0.25) is 0 Å². The third-order valence-corrected chi connectivity index (χ3v) is 5.88. The molecule has 2 N–H and O–H groups in total. The molecule has 5 rings (SSSR count). The number of benzene rings is 1. The van der Waals surface area contributed by atoms with Crippen molar-refractivity contribution in [2.24, 2.45) is 0 Å². The number of carbonyl (C=O) groups is 1. The van der Waals surface area contributed by atoms with Crippen LogP contribution in [0.25, 0.3) is 17.1 Å². The second kappa shape index (κ2) is 10.4. The number of rotatable bonds is 7. The zero-order valence-electron chi connectivity index (χ0n) is 20.0. The first-order chi connectivity index (χ1) is 17.7. The summed E-state index contributed by atoms with van der Waals surface area (Å²) in [4.78, 5) is 28.2. The number of anilines is 2. The average Bonchev–Trinajstić information content (AvgIpc) is 3.44. The first-order valence-electron chi connectivity index (χ1n) is 11.5. The van der Waals surface area contributed by atoms with Gasteiger partial charge in [-0.05, 0) is 29.8 Å². The van der Waals surface area contributed by atoms with Crippen molar-refractivity contribution in [2.75, 3.05) is 50.6 Å². The lowest BCUT2D eigenvalue weighted by atomic mass is 10.1. The standard InChI is InChI=1S/C25H26N8O3/c1-35-22-4-3-17(13-23(22)36-2)18-14-29-33(16-18)25-28-8-5-19(31-25)24(34)30-20-15-27-7-6-21(20)32-11-9-26-10-12-32/h3-8,13-16,26H,9-12H2,1-2H3,(H,30,34). The molecule has 11 heteroatoms. The van der Waals surface area contributed by atoms with Crippen molar-refractivity contribution in [2.45, 2.75) is 0 Å². The zero-order valence-corrected chi connectivity index (χ0v) is 20.0. The first kappa shape index (κ1) is 23.2. The normalized spacial score (nSPS) is 13.3. The van der Waals surface area contributed by atoms with Gasteiger partial charge >= 0.3 is 0 Å². The Morgan fingerprint density at radius 1 is 1.00 bits per heavy atom. The molecule has 4 aromatic rings. The maximum absolute atomic E-state index is 13.1. The van der Waals surface area contributed by atoms with Crippen molar-refractivity contribution < 1.29 is 14.3 Å². The summed E-state index contributed by atoms with van der Waals surface area (Å²) in [5.41, 5.74) is 3.52. The number of nitrogens with zero attached hydrogens (tertiary/aromatic N) is 6. The second-order valence-corrected chi connectivity index (χ2v) is 8.07. The predicted octanol–water partition coefficient (Wildman–Crippen LogP) is 2.40. The molecule has 0 bridgehead atoms. The van der Waals surface area contributed by atoms with Crippen LogP contribution >= 0.6 is 0 Å². The predicted molar refractivity (Wildman–Crippen MR) is 135 cm³/mol. The second-order valence-electron chi connectivity index (χ2n) is 8.07. The lowest BCUT2D eigenvalue weighted by Crippen LogP contribution is -2.43. The van der Waals surface area contributed by atoms with Crippen LogP contribution in [0.3, 0.4) is 0 Å². The Hall–Kier alpha value is -4.51. The average molecular weight is 487 g/mol. The van der Waals surface area contributed by atoms with E-state index in [0.717, 1.165) is 43.0 Å². The van der Waals surface area contributed by atoms with Crippen LogP contribution in [0.2, 0.25) is 0 Å². The third kappa shape index (κ3) is 4.82. The van der Waals surface area contributed by atoms with E-state index in [-0.39, 0.29) is 17.5 Å². The van der Waals surface area contributed by atoms with Gasteiger partial charge < -0.3 is 25.0 Å². The Balaban J connectivity index is 1.36. The zero-order chi connectivity index (χ0) is 24.9. The summed E-state index contributed by atoms with van der Waals surface area (Å²) in [6.07, 6.45) is 8.41. The van der Waals surface area contributed by atoms with Crippen LogP contribution in [0.4, 0.5) is 11.4 Å². The molecule has 0 saturated carbocycles. The Bertz CT molecular complexity index is 1370. The van der Waals surface area contributed by atoms with E-state index in [9.17, 15) is 4.79 Å². The SMILES string of the molecule is COc1ccc(-c2cnn(-c3nccc(C(=O)Nc4cnccc4N4CCNCC4)n3)c2)cc1OC. The van der Waals surface area contributed by atoms with E-state index in [1.807, 2.05) is 24.3 Å². The summed E-state index contributed by atoms with van der Waals surface area (Å²) in [6, 6.07) is 9.09. The number of hydrogen-bond donors (Lipinski definition) is 2. The summed E-state index contributed by atoms with van der Waals surface area (Å²) in [5, 5.41) is 10.7. The minimum atomic E-state index is -0.352. The molecule has 1 aromatic carbocycles. The molecule has 184 valence electrons. The Morgan fingerprint density at radius 2 is 1.83 bits per heavy atom. The van der Waals surface area contributed by atoms with E-state index in [1.165, 1.54) is 10.9 Å². The number of nitrogens with one attached hydrogen (secondary N) is 2. The van der Waals surface area contributed by atoms with Crippen LogP contribution in [0, 0.1) is 0 Å². The molecule has 4 heterocycles. The number of piperazine rings is 1. The molecule has 1 fully saturated rings. The minimum Gasteiger partial charge on any atom is -0.493 e. The lowest BCUT2D eigenvalue weighted by Gasteiger charge is -2.30. The van der Waals surface area contributed by atoms with Gasteiger partial charge in [0, 0.05) is 50.3 Å². The molecule has 3 aromatic heterocycles. The summed E-state index contributed by atoms with van der Waals surface area (Å²) in [6.45, 7) is 3.48. The fourth-order valence-electron chi connectivity index (χ4n) is 4.03. The van der Waals surface area contributed by atoms with E-state index in [1.54, 1.807) is 45.1 Å². The van der Waals surface area contributed by atoms with Gasteiger partial charge in [0.15, 0.2) is 11.5 Å². The van der Waals surface area contributed by atoms with E-state index in [4.69, 9.17) is 9.47 Å². The quantitative estimate of drug-likeness (QED) is 0.406. The number of methoxy groups -OCH3 is 2. The highest BCUT2D eigenvalue weighted by Gasteiger charge is 2.18. The molecule has 1 saturated heterocycles. The molecule has 0 spiro atoms. The van der Waals surface area contributed by atoms with Crippen molar-refractivity contribution >= 4 is 17.3 Å². The van der Waals surface area contributed by atoms with Crippen molar-refractivity contribution in [3.05, 3.63) is 67.0 Å². The van der Waals surface area contributed by atoms with Crippen molar-refractivity contribution in [3.8, 4) is 28.6 Å². The van der Waals surface area contributed by atoms with E-state index in [0.29, 0.717) is 17.2 Å². The van der Waals surface area contributed by atoms with Gasteiger partial charge in [-0.2, -0.15) is 5.10 Å². The molecule has 0 aliphatic carbocycles. The molecule has 1 aliphatic heterocycles. The minimum absolute atomic E-state index is 0.221. The molecule has 0 unspecified atom stereocenters. The number of pyridine rings is 1. The molecular formula is C25H26N8O3. The third-order valence-electron chi connectivity index (χ3n) is 5.88. The summed E-state index contributed by atoms with van der Waals surface area (Å²) < 4.78 is 12.2. The fourth-order valence-corrected chi connectivity index (χ4v) is 4.03. The van der Waals surface area contributed by atoms with Gasteiger partial charge in [-0.3, -0.25) is 9.78 Å². The molecule has 0 atom stereocenters.